The molecule has 0 saturated carbocycles. The molecule has 0 rings (SSSR count). The first-order valence-corrected chi connectivity index (χ1v) is 8.56. The predicted octanol–water partition coefficient (Wildman–Crippen LogP) is 4.05. The minimum atomic E-state index is -1.40. The van der Waals surface area contributed by atoms with Gasteiger partial charge in [0, 0.05) is 6.61 Å². The molecule has 0 bridgehead atoms. The second kappa shape index (κ2) is 5.81. The maximum Gasteiger partial charge on any atom is 0.189 e. The van der Waals surface area contributed by atoms with Gasteiger partial charge in [0.25, 0.3) is 0 Å². The van der Waals surface area contributed by atoms with Crippen molar-refractivity contribution >= 4 is 8.32 Å². The van der Waals surface area contributed by atoms with Crippen molar-refractivity contribution in [1.82, 2.24) is 0 Å². The van der Waals surface area contributed by atoms with Crippen LogP contribution in [0.1, 0.15) is 40.5 Å². The van der Waals surface area contributed by atoms with Crippen molar-refractivity contribution in [3.8, 4) is 0 Å². The topological polar surface area (TPSA) is 9.23 Å². The molecule has 0 aromatic carbocycles. The smallest absolute Gasteiger partial charge is 0.189 e. The molecule has 0 amide bonds. The normalized spacial score (nSPS) is 15.0. The first-order chi connectivity index (χ1) is 5.94. The van der Waals surface area contributed by atoms with Gasteiger partial charge in [0.05, 0.1) is 0 Å². The highest BCUT2D eigenvalue weighted by Gasteiger charge is 2.32. The number of rotatable bonds is 6. The fourth-order valence-electron chi connectivity index (χ4n) is 2.00. The Morgan fingerprint density at radius 3 is 2.00 bits per heavy atom. The summed E-state index contributed by atoms with van der Waals surface area (Å²) in [6, 6.07) is 0. The van der Waals surface area contributed by atoms with Gasteiger partial charge < -0.3 is 4.43 Å². The van der Waals surface area contributed by atoms with E-state index in [0.717, 1.165) is 18.1 Å². The largest absolute Gasteiger partial charge is 0.417 e. The Hall–Kier alpha value is 0.177. The van der Waals surface area contributed by atoms with E-state index in [1.165, 1.54) is 12.8 Å². The lowest BCUT2D eigenvalue weighted by molar-refractivity contribution is 0.311. The van der Waals surface area contributed by atoms with Gasteiger partial charge >= 0.3 is 0 Å². The molecule has 0 radical (unpaired) electrons. The van der Waals surface area contributed by atoms with Crippen LogP contribution < -0.4 is 0 Å². The minimum Gasteiger partial charge on any atom is -0.417 e. The Balaban J connectivity index is 4.19. The zero-order chi connectivity index (χ0) is 10.5. The van der Waals surface area contributed by atoms with Gasteiger partial charge in [0.15, 0.2) is 8.32 Å². The van der Waals surface area contributed by atoms with Crippen LogP contribution in [0.4, 0.5) is 0 Å². The summed E-state index contributed by atoms with van der Waals surface area (Å²) >= 11 is 0. The first-order valence-electron chi connectivity index (χ1n) is 5.58. The van der Waals surface area contributed by atoms with Crippen molar-refractivity contribution in [2.24, 2.45) is 5.92 Å². The summed E-state index contributed by atoms with van der Waals surface area (Å²) in [5.74, 6) is 0.803. The lowest BCUT2D eigenvalue weighted by Crippen LogP contribution is -2.37. The molecule has 0 aliphatic rings. The monoisotopic (exact) mass is 202 g/mol. The third-order valence-corrected chi connectivity index (χ3v) is 6.39. The molecule has 1 unspecified atom stereocenters. The molecule has 0 fully saturated rings. The van der Waals surface area contributed by atoms with Crippen LogP contribution in [0.15, 0.2) is 0 Å². The molecule has 0 aromatic heterocycles. The Morgan fingerprint density at radius 2 is 1.69 bits per heavy atom. The van der Waals surface area contributed by atoms with Gasteiger partial charge in [-0.05, 0) is 37.9 Å². The lowest BCUT2D eigenvalue weighted by Gasteiger charge is -2.32. The maximum absolute atomic E-state index is 5.92. The molecule has 80 valence electrons. The summed E-state index contributed by atoms with van der Waals surface area (Å²) in [4.78, 5) is 0. The zero-order valence-electron chi connectivity index (χ0n) is 10.2. The quantitative estimate of drug-likeness (QED) is 0.590. The molecular formula is C11H26OSi. The van der Waals surface area contributed by atoms with Gasteiger partial charge in [-0.2, -0.15) is 0 Å². The molecule has 0 aromatic rings. The summed E-state index contributed by atoms with van der Waals surface area (Å²) in [5, 5.41) is 0. The summed E-state index contributed by atoms with van der Waals surface area (Å²) in [5.41, 5.74) is 0.826. The fourth-order valence-corrected chi connectivity index (χ4v) is 5.00. The summed E-state index contributed by atoms with van der Waals surface area (Å²) < 4.78 is 5.92. The average molecular weight is 202 g/mol. The van der Waals surface area contributed by atoms with E-state index in [4.69, 9.17) is 4.43 Å². The third-order valence-electron chi connectivity index (χ3n) is 2.75. The molecule has 0 saturated heterocycles. The van der Waals surface area contributed by atoms with Gasteiger partial charge in [0.1, 0.15) is 0 Å². The second-order valence-corrected chi connectivity index (χ2v) is 9.08. The lowest BCUT2D eigenvalue weighted by atomic mass is 10.1. The van der Waals surface area contributed by atoms with E-state index in [2.05, 4.69) is 40.8 Å². The van der Waals surface area contributed by atoms with Crippen molar-refractivity contribution in [2.45, 2.75) is 59.2 Å². The van der Waals surface area contributed by atoms with Crippen molar-refractivity contribution in [1.29, 1.82) is 0 Å². The molecule has 2 heteroatoms. The maximum atomic E-state index is 5.92. The second-order valence-electron chi connectivity index (χ2n) is 4.77. The summed E-state index contributed by atoms with van der Waals surface area (Å²) in [6.45, 7) is 14.6. The van der Waals surface area contributed by atoms with E-state index in [-0.39, 0.29) is 0 Å². The van der Waals surface area contributed by atoms with Crippen LogP contribution in [0.5, 0.6) is 0 Å². The van der Waals surface area contributed by atoms with Crippen LogP contribution in [0.3, 0.4) is 0 Å². The predicted molar refractivity (Wildman–Crippen MR) is 62.6 cm³/mol. The highest BCUT2D eigenvalue weighted by atomic mass is 28.4. The fraction of sp³-hybridized carbons (Fsp3) is 1.00. The van der Waals surface area contributed by atoms with Crippen LogP contribution in [0.25, 0.3) is 0 Å². The van der Waals surface area contributed by atoms with Gasteiger partial charge in [0.2, 0.25) is 0 Å². The van der Waals surface area contributed by atoms with E-state index in [9.17, 15) is 0 Å². The summed E-state index contributed by atoms with van der Waals surface area (Å²) in [7, 11) is -1.40. The number of hydrogen-bond acceptors (Lipinski definition) is 1. The zero-order valence-corrected chi connectivity index (χ0v) is 11.2. The van der Waals surface area contributed by atoms with Crippen LogP contribution in [0, 0.1) is 5.92 Å². The van der Waals surface area contributed by atoms with Crippen LogP contribution >= 0.6 is 0 Å². The number of hydrogen-bond donors (Lipinski definition) is 0. The first kappa shape index (κ1) is 13.2. The molecule has 13 heavy (non-hydrogen) atoms. The molecule has 1 nitrogen and oxygen atoms in total. The molecule has 0 heterocycles. The molecule has 0 aliphatic carbocycles. The van der Waals surface area contributed by atoms with Gasteiger partial charge in [-0.25, -0.2) is 0 Å². The van der Waals surface area contributed by atoms with E-state index in [1.807, 2.05) is 0 Å². The Morgan fingerprint density at radius 1 is 1.15 bits per heavy atom. The molecule has 0 aliphatic heterocycles. The third kappa shape index (κ3) is 4.82. The van der Waals surface area contributed by atoms with Crippen molar-refractivity contribution in [3.63, 3.8) is 0 Å². The van der Waals surface area contributed by atoms with E-state index < -0.39 is 8.32 Å². The molecule has 0 spiro atoms. The van der Waals surface area contributed by atoms with Crippen molar-refractivity contribution in [3.05, 3.63) is 0 Å². The van der Waals surface area contributed by atoms with Gasteiger partial charge in [-0.3, -0.25) is 0 Å². The highest BCUT2D eigenvalue weighted by Crippen LogP contribution is 2.32. The minimum absolute atomic E-state index is 0.803. The Bertz CT molecular complexity index is 132. The standard InChI is InChI=1S/C11H26OSi/c1-7-11(9-10(3)4)13(5,6)12-8-2/h10-11H,7-9H2,1-6H3. The Kier molecular flexibility index (Phi) is 5.89. The summed E-state index contributed by atoms with van der Waals surface area (Å²) in [6.07, 6.45) is 2.60. The highest BCUT2D eigenvalue weighted by molar-refractivity contribution is 6.72. The van der Waals surface area contributed by atoms with E-state index in [0.29, 0.717) is 0 Å². The van der Waals surface area contributed by atoms with Gasteiger partial charge in [-0.1, -0.05) is 27.2 Å². The van der Waals surface area contributed by atoms with Crippen LogP contribution in [-0.4, -0.2) is 14.9 Å². The van der Waals surface area contributed by atoms with Gasteiger partial charge in [-0.15, -0.1) is 0 Å². The van der Waals surface area contributed by atoms with Crippen molar-refractivity contribution in [2.75, 3.05) is 6.61 Å². The van der Waals surface area contributed by atoms with E-state index in [1.54, 1.807) is 0 Å². The average Bonchev–Trinajstić information content (AvgIpc) is 1.99. The SMILES string of the molecule is CCO[Si](C)(C)C(CC)CC(C)C. The molecule has 1 atom stereocenters. The molecular weight excluding hydrogens is 176 g/mol. The molecule has 0 N–H and O–H groups in total. The van der Waals surface area contributed by atoms with Crippen LogP contribution in [0.2, 0.25) is 18.6 Å². The van der Waals surface area contributed by atoms with Crippen molar-refractivity contribution < 1.29 is 4.43 Å². The Labute approximate surface area is 85.0 Å². The van der Waals surface area contributed by atoms with E-state index >= 15 is 0 Å². The van der Waals surface area contributed by atoms with Crippen LogP contribution in [-0.2, 0) is 4.43 Å².